The van der Waals surface area contributed by atoms with E-state index >= 15 is 0 Å². The number of carbonyl (C=O) groups is 1. The normalized spacial score (nSPS) is 19.4. The average molecular weight is 297 g/mol. The number of benzene rings is 1. The van der Waals surface area contributed by atoms with Crippen molar-refractivity contribution in [3.63, 3.8) is 0 Å². The fraction of sp³-hybridized carbons (Fsp3) is 0.533. The molecule has 1 aliphatic heterocycles. The Labute approximate surface area is 124 Å². The lowest BCUT2D eigenvalue weighted by Gasteiger charge is -2.35. The lowest BCUT2D eigenvalue weighted by atomic mass is 9.79. The predicted molar refractivity (Wildman–Crippen MR) is 79.6 cm³/mol. The molecule has 0 bridgehead atoms. The number of hydrogen-bond acceptors (Lipinski definition) is 3. The van der Waals surface area contributed by atoms with Crippen molar-refractivity contribution in [1.82, 2.24) is 5.32 Å². The van der Waals surface area contributed by atoms with E-state index in [1.54, 1.807) is 0 Å². The Bertz CT molecular complexity index is 473. The van der Waals surface area contributed by atoms with E-state index in [1.807, 2.05) is 31.2 Å². The highest BCUT2D eigenvalue weighted by Crippen LogP contribution is 2.30. The molecule has 1 fully saturated rings. The molecule has 5 heteroatoms. The van der Waals surface area contributed by atoms with Crippen LogP contribution in [0.1, 0.15) is 31.4 Å². The van der Waals surface area contributed by atoms with Crippen molar-refractivity contribution < 1.29 is 9.53 Å². The first-order valence-electron chi connectivity index (χ1n) is 6.92. The maximum absolute atomic E-state index is 12.5. The van der Waals surface area contributed by atoms with Gasteiger partial charge in [0.1, 0.15) is 0 Å². The molecule has 0 unspecified atom stereocenters. The molecule has 1 amide bonds. The Morgan fingerprint density at radius 3 is 2.80 bits per heavy atom. The van der Waals surface area contributed by atoms with Gasteiger partial charge in [0.05, 0.1) is 11.5 Å². The number of rotatable bonds is 4. The molecule has 1 heterocycles. The molecule has 1 aromatic rings. The van der Waals surface area contributed by atoms with Crippen LogP contribution < -0.4 is 11.1 Å². The number of ether oxygens (including phenoxy) is 1. The zero-order valence-electron chi connectivity index (χ0n) is 11.7. The van der Waals surface area contributed by atoms with Gasteiger partial charge in [-0.1, -0.05) is 23.7 Å². The lowest BCUT2D eigenvalue weighted by molar-refractivity contribution is -0.136. The molecular weight excluding hydrogens is 276 g/mol. The van der Waals surface area contributed by atoms with Crippen molar-refractivity contribution in [2.24, 2.45) is 11.1 Å². The van der Waals surface area contributed by atoms with Gasteiger partial charge in [-0.3, -0.25) is 4.79 Å². The molecule has 110 valence electrons. The van der Waals surface area contributed by atoms with E-state index in [0.29, 0.717) is 37.6 Å². The highest BCUT2D eigenvalue weighted by molar-refractivity contribution is 6.30. The second-order valence-electron chi connectivity index (χ2n) is 5.35. The molecule has 3 N–H and O–H groups in total. The van der Waals surface area contributed by atoms with Crippen molar-refractivity contribution >= 4 is 17.5 Å². The average Bonchev–Trinajstić information content (AvgIpc) is 2.47. The maximum atomic E-state index is 12.5. The maximum Gasteiger partial charge on any atom is 0.228 e. The van der Waals surface area contributed by atoms with Crippen molar-refractivity contribution in [1.29, 1.82) is 0 Å². The fourth-order valence-electron chi connectivity index (χ4n) is 2.50. The van der Waals surface area contributed by atoms with Crippen LogP contribution in [0.25, 0.3) is 0 Å². The second kappa shape index (κ2) is 6.57. The van der Waals surface area contributed by atoms with Crippen LogP contribution in [-0.4, -0.2) is 25.7 Å². The lowest BCUT2D eigenvalue weighted by Crippen LogP contribution is -2.49. The summed E-state index contributed by atoms with van der Waals surface area (Å²) in [6.07, 6.45) is 1.36. The first-order valence-corrected chi connectivity index (χ1v) is 7.29. The molecule has 0 radical (unpaired) electrons. The molecule has 0 spiro atoms. The van der Waals surface area contributed by atoms with E-state index in [2.05, 4.69) is 5.32 Å². The van der Waals surface area contributed by atoms with Gasteiger partial charge in [0.25, 0.3) is 0 Å². The summed E-state index contributed by atoms with van der Waals surface area (Å²) in [5, 5.41) is 3.72. The largest absolute Gasteiger partial charge is 0.381 e. The minimum Gasteiger partial charge on any atom is -0.381 e. The first-order chi connectivity index (χ1) is 9.57. The number of amides is 1. The van der Waals surface area contributed by atoms with Gasteiger partial charge in [0.15, 0.2) is 0 Å². The van der Waals surface area contributed by atoms with Gasteiger partial charge >= 0.3 is 0 Å². The van der Waals surface area contributed by atoms with Crippen LogP contribution in [0.15, 0.2) is 24.3 Å². The Kier molecular flexibility index (Phi) is 5.02. The fourth-order valence-corrected chi connectivity index (χ4v) is 2.69. The molecule has 0 saturated carbocycles. The van der Waals surface area contributed by atoms with Gasteiger partial charge in [-0.05, 0) is 37.5 Å². The molecule has 20 heavy (non-hydrogen) atoms. The van der Waals surface area contributed by atoms with Gasteiger partial charge in [-0.25, -0.2) is 0 Å². The Morgan fingerprint density at radius 1 is 1.50 bits per heavy atom. The summed E-state index contributed by atoms with van der Waals surface area (Å²) in [4.78, 5) is 12.5. The summed E-state index contributed by atoms with van der Waals surface area (Å²) in [7, 11) is 0. The third-order valence-electron chi connectivity index (χ3n) is 4.02. The van der Waals surface area contributed by atoms with E-state index in [0.717, 1.165) is 5.56 Å². The summed E-state index contributed by atoms with van der Waals surface area (Å²) in [5.41, 5.74) is 6.34. The van der Waals surface area contributed by atoms with Gasteiger partial charge in [-0.15, -0.1) is 0 Å². The number of halogens is 1. The minimum absolute atomic E-state index is 0.00998. The number of nitrogens with one attached hydrogen (secondary N) is 1. The van der Waals surface area contributed by atoms with Crippen molar-refractivity contribution in [3.05, 3.63) is 34.9 Å². The number of carbonyl (C=O) groups excluding carboxylic acids is 1. The van der Waals surface area contributed by atoms with Gasteiger partial charge in [-0.2, -0.15) is 0 Å². The van der Waals surface area contributed by atoms with Gasteiger partial charge in [0, 0.05) is 24.8 Å². The van der Waals surface area contributed by atoms with Crippen LogP contribution in [0, 0.1) is 5.41 Å². The zero-order valence-corrected chi connectivity index (χ0v) is 12.5. The van der Waals surface area contributed by atoms with E-state index in [9.17, 15) is 4.79 Å². The summed E-state index contributed by atoms with van der Waals surface area (Å²) < 4.78 is 5.33. The smallest absolute Gasteiger partial charge is 0.228 e. The first kappa shape index (κ1) is 15.3. The third-order valence-corrected chi connectivity index (χ3v) is 4.25. The molecule has 1 aromatic carbocycles. The molecule has 1 aliphatic rings. The highest BCUT2D eigenvalue weighted by atomic mass is 35.5. The zero-order chi connectivity index (χ0) is 14.6. The molecule has 2 rings (SSSR count). The SMILES string of the molecule is C[C@@H](NC(=O)C1(CN)CCOCC1)c1cccc(Cl)c1. The van der Waals surface area contributed by atoms with Crippen LogP contribution in [0.2, 0.25) is 5.02 Å². The van der Waals surface area contributed by atoms with E-state index < -0.39 is 5.41 Å². The predicted octanol–water partition coefficient (Wildman–Crippen LogP) is 2.27. The van der Waals surface area contributed by atoms with Crippen molar-refractivity contribution in [2.45, 2.75) is 25.8 Å². The second-order valence-corrected chi connectivity index (χ2v) is 5.78. The number of nitrogens with two attached hydrogens (primary N) is 1. The third kappa shape index (κ3) is 3.32. The van der Waals surface area contributed by atoms with Gasteiger partial charge in [0.2, 0.25) is 5.91 Å². The molecule has 0 aromatic heterocycles. The van der Waals surface area contributed by atoms with Crippen molar-refractivity contribution in [2.75, 3.05) is 19.8 Å². The van der Waals surface area contributed by atoms with E-state index in [1.165, 1.54) is 0 Å². The molecule has 1 atom stereocenters. The Morgan fingerprint density at radius 2 is 2.20 bits per heavy atom. The standard InChI is InChI=1S/C15H21ClN2O2/c1-11(12-3-2-4-13(16)9-12)18-14(19)15(10-17)5-7-20-8-6-15/h2-4,9,11H,5-8,10,17H2,1H3,(H,18,19)/t11-/m1/s1. The molecular formula is C15H21ClN2O2. The highest BCUT2D eigenvalue weighted by Gasteiger charge is 2.39. The number of hydrogen-bond donors (Lipinski definition) is 2. The van der Waals surface area contributed by atoms with Crippen LogP contribution in [0.4, 0.5) is 0 Å². The monoisotopic (exact) mass is 296 g/mol. The molecule has 1 saturated heterocycles. The summed E-state index contributed by atoms with van der Waals surface area (Å²) >= 11 is 5.98. The molecule has 4 nitrogen and oxygen atoms in total. The summed E-state index contributed by atoms with van der Waals surface area (Å²) in [5.74, 6) is 0.00998. The summed E-state index contributed by atoms with van der Waals surface area (Å²) in [6, 6.07) is 7.43. The Balaban J connectivity index is 2.06. The van der Waals surface area contributed by atoms with Crippen molar-refractivity contribution in [3.8, 4) is 0 Å². The van der Waals surface area contributed by atoms with Crippen LogP contribution in [0.5, 0.6) is 0 Å². The van der Waals surface area contributed by atoms with Gasteiger partial charge < -0.3 is 15.8 Å². The quantitative estimate of drug-likeness (QED) is 0.896. The van der Waals surface area contributed by atoms with Crippen LogP contribution in [0.3, 0.4) is 0 Å². The van der Waals surface area contributed by atoms with E-state index in [4.69, 9.17) is 22.1 Å². The minimum atomic E-state index is -0.495. The van der Waals surface area contributed by atoms with E-state index in [-0.39, 0.29) is 11.9 Å². The summed E-state index contributed by atoms with van der Waals surface area (Å²) in [6.45, 7) is 3.49. The topological polar surface area (TPSA) is 64.4 Å². The Hall–Kier alpha value is -1.10. The van der Waals surface area contributed by atoms with Crippen LogP contribution in [-0.2, 0) is 9.53 Å². The molecule has 0 aliphatic carbocycles. The van der Waals surface area contributed by atoms with Crippen LogP contribution >= 0.6 is 11.6 Å².